The monoisotopic (exact) mass is 360 g/mol. The number of hydrogen-bond acceptors (Lipinski definition) is 5. The van der Waals surface area contributed by atoms with E-state index in [1.807, 2.05) is 6.92 Å². The average Bonchev–Trinajstić information content (AvgIpc) is 2.84. The average molecular weight is 361 g/mol. The summed E-state index contributed by atoms with van der Waals surface area (Å²) in [5, 5.41) is 1.39. The van der Waals surface area contributed by atoms with Crippen LogP contribution in [0.25, 0.3) is 10.2 Å². The third-order valence-electron chi connectivity index (χ3n) is 3.87. The minimum Gasteiger partial charge on any atom is -0.370 e. The quantitative estimate of drug-likeness (QED) is 0.362. The van der Waals surface area contributed by atoms with E-state index in [2.05, 4.69) is 26.3 Å². The molecule has 4 nitrogen and oxygen atoms in total. The highest BCUT2D eigenvalue weighted by atomic mass is 32.2. The number of aromatic nitrogens is 2. The Balaban J connectivity index is 2.23. The van der Waals surface area contributed by atoms with Gasteiger partial charge in [0.05, 0.1) is 23.3 Å². The van der Waals surface area contributed by atoms with Crippen molar-refractivity contribution in [3.05, 3.63) is 32.9 Å². The van der Waals surface area contributed by atoms with Gasteiger partial charge in [0.2, 0.25) is 0 Å². The first kappa shape index (κ1) is 17.3. The van der Waals surface area contributed by atoms with Crippen molar-refractivity contribution in [2.24, 2.45) is 0 Å². The molecule has 3 heterocycles. The molecular weight excluding hydrogens is 340 g/mol. The lowest BCUT2D eigenvalue weighted by atomic mass is 9.94. The highest BCUT2D eigenvalue weighted by Crippen LogP contribution is 2.37. The van der Waals surface area contributed by atoms with Crippen LogP contribution in [-0.4, -0.2) is 20.9 Å². The maximum atomic E-state index is 13.2. The summed E-state index contributed by atoms with van der Waals surface area (Å²) < 4.78 is 7.58. The molecule has 0 saturated carbocycles. The van der Waals surface area contributed by atoms with E-state index in [1.165, 1.54) is 11.8 Å². The summed E-state index contributed by atoms with van der Waals surface area (Å²) in [5.41, 5.74) is 1.74. The highest BCUT2D eigenvalue weighted by molar-refractivity contribution is 7.99. The maximum absolute atomic E-state index is 13.2. The molecule has 0 aliphatic carbocycles. The van der Waals surface area contributed by atoms with E-state index in [9.17, 15) is 4.79 Å². The summed E-state index contributed by atoms with van der Waals surface area (Å²) in [5.74, 6) is 3.07. The summed E-state index contributed by atoms with van der Waals surface area (Å²) in [6, 6.07) is 0. The molecule has 2 aromatic rings. The van der Waals surface area contributed by atoms with Gasteiger partial charge >= 0.3 is 0 Å². The zero-order valence-electron chi connectivity index (χ0n) is 14.1. The van der Waals surface area contributed by atoms with Crippen molar-refractivity contribution in [3.63, 3.8) is 0 Å². The molecular formula is C18H20N2O2S2. The Morgan fingerprint density at radius 2 is 2.33 bits per heavy atom. The molecule has 24 heavy (non-hydrogen) atoms. The van der Waals surface area contributed by atoms with E-state index in [0.717, 1.165) is 32.7 Å². The summed E-state index contributed by atoms with van der Waals surface area (Å²) in [6.07, 6.45) is 6.10. The summed E-state index contributed by atoms with van der Waals surface area (Å²) in [6.45, 7) is 10.9. The van der Waals surface area contributed by atoms with Crippen molar-refractivity contribution in [1.29, 1.82) is 0 Å². The van der Waals surface area contributed by atoms with Crippen molar-refractivity contribution in [2.45, 2.75) is 51.1 Å². The Morgan fingerprint density at radius 1 is 1.58 bits per heavy atom. The lowest BCUT2D eigenvalue weighted by molar-refractivity contribution is -0.0379. The third kappa shape index (κ3) is 3.16. The van der Waals surface area contributed by atoms with E-state index < -0.39 is 0 Å². The first-order valence-electron chi connectivity index (χ1n) is 7.72. The predicted molar refractivity (Wildman–Crippen MR) is 101 cm³/mol. The van der Waals surface area contributed by atoms with Crippen LogP contribution in [0.3, 0.4) is 0 Å². The highest BCUT2D eigenvalue weighted by Gasteiger charge is 2.31. The molecule has 0 fully saturated rings. The smallest absolute Gasteiger partial charge is 0.263 e. The predicted octanol–water partition coefficient (Wildman–Crippen LogP) is 3.61. The van der Waals surface area contributed by atoms with Gasteiger partial charge in [-0.3, -0.25) is 9.36 Å². The molecule has 0 unspecified atom stereocenters. The van der Waals surface area contributed by atoms with Gasteiger partial charge in [0.15, 0.2) is 5.16 Å². The first-order valence-corrected chi connectivity index (χ1v) is 9.52. The summed E-state index contributed by atoms with van der Waals surface area (Å²) in [4.78, 5) is 19.8. The zero-order valence-corrected chi connectivity index (χ0v) is 15.8. The molecule has 3 rings (SSSR count). The fourth-order valence-electron chi connectivity index (χ4n) is 2.83. The molecule has 0 atom stereocenters. The maximum Gasteiger partial charge on any atom is 0.263 e. The minimum atomic E-state index is -0.260. The first-order chi connectivity index (χ1) is 11.3. The lowest BCUT2D eigenvalue weighted by Gasteiger charge is -2.29. The topological polar surface area (TPSA) is 44.1 Å². The van der Waals surface area contributed by atoms with E-state index in [0.29, 0.717) is 24.1 Å². The number of hydrogen-bond donors (Lipinski definition) is 0. The van der Waals surface area contributed by atoms with Gasteiger partial charge in [0, 0.05) is 17.8 Å². The van der Waals surface area contributed by atoms with Gasteiger partial charge in [-0.2, -0.15) is 0 Å². The number of thiophene rings is 1. The van der Waals surface area contributed by atoms with Crippen LogP contribution in [0.2, 0.25) is 0 Å². The van der Waals surface area contributed by atoms with Gasteiger partial charge < -0.3 is 4.74 Å². The molecule has 1 aliphatic heterocycles. The van der Waals surface area contributed by atoms with Crippen molar-refractivity contribution in [2.75, 3.05) is 5.75 Å². The standard InChI is InChI=1S/C18H20N2O2S2/c1-6-7-23-17-19-15-14(16(21)20(17)9-11(2)3)12-8-18(4,5)22-10-13(12)24-15/h1H,2,7-10H2,3-5H3. The molecule has 0 aromatic carbocycles. The van der Waals surface area contributed by atoms with Gasteiger partial charge in [-0.05, 0) is 26.3 Å². The van der Waals surface area contributed by atoms with Crippen LogP contribution >= 0.6 is 23.1 Å². The number of rotatable bonds is 4. The second-order valence-corrected chi connectivity index (χ2v) is 8.67. The van der Waals surface area contributed by atoms with Crippen molar-refractivity contribution < 1.29 is 4.74 Å². The van der Waals surface area contributed by atoms with Crippen LogP contribution in [0.15, 0.2) is 22.1 Å². The largest absolute Gasteiger partial charge is 0.370 e. The summed E-state index contributed by atoms with van der Waals surface area (Å²) in [7, 11) is 0. The molecule has 0 N–H and O–H groups in total. The van der Waals surface area contributed by atoms with E-state index >= 15 is 0 Å². The Labute approximate surface area is 149 Å². The van der Waals surface area contributed by atoms with Gasteiger partial charge in [-0.25, -0.2) is 4.98 Å². The van der Waals surface area contributed by atoms with Crippen molar-refractivity contribution >= 4 is 33.3 Å². The minimum absolute atomic E-state index is 0.00211. The van der Waals surface area contributed by atoms with Crippen LogP contribution < -0.4 is 5.56 Å². The third-order valence-corrected chi connectivity index (χ3v) is 5.85. The van der Waals surface area contributed by atoms with Gasteiger partial charge in [0.1, 0.15) is 4.83 Å². The Morgan fingerprint density at radius 3 is 3.00 bits per heavy atom. The molecule has 1 aliphatic rings. The molecule has 126 valence electrons. The molecule has 0 radical (unpaired) electrons. The number of allylic oxidation sites excluding steroid dienone is 1. The normalized spacial score (nSPS) is 15.9. The lowest BCUT2D eigenvalue weighted by Crippen LogP contribution is -2.32. The number of fused-ring (bicyclic) bond motifs is 3. The Hall–Kier alpha value is -1.55. The van der Waals surface area contributed by atoms with Gasteiger partial charge in [-0.1, -0.05) is 29.8 Å². The fourth-order valence-corrected chi connectivity index (χ4v) is 4.66. The number of ether oxygens (including phenoxy) is 1. The van der Waals surface area contributed by atoms with E-state index in [4.69, 9.17) is 16.1 Å². The molecule has 6 heteroatoms. The molecule has 0 amide bonds. The van der Waals surface area contributed by atoms with Crippen LogP contribution in [0, 0.1) is 12.3 Å². The van der Waals surface area contributed by atoms with Crippen LogP contribution in [-0.2, 0) is 24.3 Å². The van der Waals surface area contributed by atoms with Crippen molar-refractivity contribution in [3.8, 4) is 12.3 Å². The van der Waals surface area contributed by atoms with Crippen molar-refractivity contribution in [1.82, 2.24) is 9.55 Å². The second-order valence-electron chi connectivity index (χ2n) is 6.64. The Bertz CT molecular complexity index is 916. The van der Waals surface area contributed by atoms with Gasteiger partial charge in [-0.15, -0.1) is 17.8 Å². The number of thioether (sulfide) groups is 1. The molecule has 0 bridgehead atoms. The van der Waals surface area contributed by atoms with Crippen LogP contribution in [0.4, 0.5) is 0 Å². The Kier molecular flexibility index (Phi) is 4.60. The second kappa shape index (κ2) is 6.40. The van der Waals surface area contributed by atoms with Crippen LogP contribution in [0.5, 0.6) is 0 Å². The van der Waals surface area contributed by atoms with E-state index in [1.54, 1.807) is 15.9 Å². The zero-order chi connectivity index (χ0) is 17.5. The fraction of sp³-hybridized carbons (Fsp3) is 0.444. The van der Waals surface area contributed by atoms with Crippen LogP contribution in [0.1, 0.15) is 31.2 Å². The van der Waals surface area contributed by atoms with Gasteiger partial charge in [0.25, 0.3) is 5.56 Å². The number of terminal acetylenes is 1. The molecule has 2 aromatic heterocycles. The number of nitrogens with zero attached hydrogens (tertiary/aromatic N) is 2. The van der Waals surface area contributed by atoms with E-state index in [-0.39, 0.29) is 11.2 Å². The molecule has 0 saturated heterocycles. The SMILES string of the molecule is C#CCSc1nc2sc3c(c2c(=O)n1CC(=C)C)CC(C)(C)OC3. The molecule has 0 spiro atoms. The summed E-state index contributed by atoms with van der Waals surface area (Å²) >= 11 is 2.97.